The summed E-state index contributed by atoms with van der Waals surface area (Å²) in [6, 6.07) is 5.95. The van der Waals surface area contributed by atoms with Gasteiger partial charge in [0.15, 0.2) is 11.4 Å². The molecule has 0 saturated heterocycles. The van der Waals surface area contributed by atoms with Crippen molar-refractivity contribution in [1.29, 1.82) is 5.26 Å². The van der Waals surface area contributed by atoms with Crippen LogP contribution in [0.5, 0.6) is 11.6 Å². The van der Waals surface area contributed by atoms with Gasteiger partial charge in [0.1, 0.15) is 17.4 Å². The van der Waals surface area contributed by atoms with E-state index < -0.39 is 16.4 Å². The highest BCUT2D eigenvalue weighted by Crippen LogP contribution is 2.33. The van der Waals surface area contributed by atoms with E-state index in [-0.39, 0.29) is 40.7 Å². The third-order valence-corrected chi connectivity index (χ3v) is 4.03. The van der Waals surface area contributed by atoms with Gasteiger partial charge in [0, 0.05) is 12.1 Å². The molecule has 0 aliphatic rings. The molecular formula is C19H21N5O5. The molecule has 0 radical (unpaired) electrons. The van der Waals surface area contributed by atoms with Gasteiger partial charge in [-0.1, -0.05) is 13.8 Å². The number of pyridine rings is 1. The second-order valence-corrected chi connectivity index (χ2v) is 6.63. The van der Waals surface area contributed by atoms with E-state index in [0.717, 1.165) is 4.57 Å². The summed E-state index contributed by atoms with van der Waals surface area (Å²) in [5, 5.41) is 38.7. The minimum Gasteiger partial charge on any atom is -0.494 e. The number of ether oxygens (including phenoxy) is 1. The first-order valence-electron chi connectivity index (χ1n) is 8.90. The molecule has 10 heteroatoms. The number of nitro groups is 1. The smallest absolute Gasteiger partial charge is 0.300 e. The molecule has 0 atom stereocenters. The quantitative estimate of drug-likeness (QED) is 0.421. The van der Waals surface area contributed by atoms with Crippen LogP contribution in [0.15, 0.2) is 33.2 Å². The van der Waals surface area contributed by atoms with E-state index in [0.29, 0.717) is 12.4 Å². The Kier molecular flexibility index (Phi) is 6.67. The van der Waals surface area contributed by atoms with Crippen molar-refractivity contribution in [3.63, 3.8) is 0 Å². The van der Waals surface area contributed by atoms with Gasteiger partial charge in [-0.3, -0.25) is 19.5 Å². The maximum absolute atomic E-state index is 12.8. The Labute approximate surface area is 166 Å². The normalized spacial score (nSPS) is 11.0. The summed E-state index contributed by atoms with van der Waals surface area (Å²) in [6.07, 6.45) is 0. The number of aromatic nitrogens is 1. The highest BCUT2D eigenvalue weighted by atomic mass is 16.6. The number of hydrogen-bond donors (Lipinski definition) is 1. The molecule has 0 bridgehead atoms. The van der Waals surface area contributed by atoms with Crippen molar-refractivity contribution in [3.05, 3.63) is 49.8 Å². The van der Waals surface area contributed by atoms with Crippen molar-refractivity contribution in [2.45, 2.75) is 34.2 Å². The molecule has 2 aromatic rings. The average molecular weight is 399 g/mol. The Balaban J connectivity index is 2.63. The minimum absolute atomic E-state index is 0.0184. The van der Waals surface area contributed by atoms with E-state index in [1.54, 1.807) is 6.92 Å². The van der Waals surface area contributed by atoms with Gasteiger partial charge in [0.2, 0.25) is 5.88 Å². The monoisotopic (exact) mass is 399 g/mol. The van der Waals surface area contributed by atoms with Gasteiger partial charge in [-0.2, -0.15) is 5.26 Å². The molecule has 1 aromatic carbocycles. The first kappa shape index (κ1) is 21.6. The number of aromatic hydroxyl groups is 1. The molecule has 1 N–H and O–H groups in total. The molecule has 2 rings (SSSR count). The lowest BCUT2D eigenvalue weighted by molar-refractivity contribution is -0.384. The molecule has 1 heterocycles. The van der Waals surface area contributed by atoms with Gasteiger partial charge in [0.25, 0.3) is 11.2 Å². The van der Waals surface area contributed by atoms with Crippen LogP contribution in [-0.2, 0) is 6.54 Å². The largest absolute Gasteiger partial charge is 0.494 e. The second kappa shape index (κ2) is 8.97. The van der Waals surface area contributed by atoms with E-state index in [1.807, 2.05) is 19.9 Å². The maximum atomic E-state index is 12.8. The Hall–Kier alpha value is -3.74. The highest BCUT2D eigenvalue weighted by Gasteiger charge is 2.21. The van der Waals surface area contributed by atoms with Crippen LogP contribution in [0, 0.1) is 34.3 Å². The lowest BCUT2D eigenvalue weighted by atomic mass is 10.1. The molecular weight excluding hydrogens is 378 g/mol. The van der Waals surface area contributed by atoms with Crippen LogP contribution in [-0.4, -0.2) is 21.2 Å². The van der Waals surface area contributed by atoms with Crippen LogP contribution in [0.25, 0.3) is 0 Å². The molecule has 0 amide bonds. The summed E-state index contributed by atoms with van der Waals surface area (Å²) in [5.41, 5.74) is -1.15. The summed E-state index contributed by atoms with van der Waals surface area (Å²) >= 11 is 0. The molecule has 152 valence electrons. The van der Waals surface area contributed by atoms with Crippen molar-refractivity contribution in [2.75, 3.05) is 6.61 Å². The zero-order valence-electron chi connectivity index (χ0n) is 16.5. The molecule has 0 unspecified atom stereocenters. The zero-order valence-corrected chi connectivity index (χ0v) is 16.5. The van der Waals surface area contributed by atoms with Crippen LogP contribution in [0.1, 0.15) is 31.9 Å². The summed E-state index contributed by atoms with van der Waals surface area (Å²) in [6.45, 7) is 7.43. The van der Waals surface area contributed by atoms with Crippen LogP contribution in [0.4, 0.5) is 17.1 Å². The number of benzene rings is 1. The average Bonchev–Trinajstić information content (AvgIpc) is 2.66. The fourth-order valence-corrected chi connectivity index (χ4v) is 2.69. The summed E-state index contributed by atoms with van der Waals surface area (Å²) in [5.74, 6) is -0.107. The van der Waals surface area contributed by atoms with Crippen molar-refractivity contribution < 1.29 is 14.8 Å². The van der Waals surface area contributed by atoms with E-state index >= 15 is 0 Å². The standard InChI is InChI=1S/C19H21N5O5/c1-5-29-13-6-7-15(16(8-13)24(27)28)21-22-17-12(4)14(9-20)18(25)23(19(17)26)10-11(2)3/h6-8,11,25H,5,10H2,1-4H3. The van der Waals surface area contributed by atoms with Crippen molar-refractivity contribution in [1.82, 2.24) is 4.57 Å². The Morgan fingerprint density at radius 2 is 2.07 bits per heavy atom. The van der Waals surface area contributed by atoms with Gasteiger partial charge in [-0.25, -0.2) is 0 Å². The first-order chi connectivity index (χ1) is 13.7. The van der Waals surface area contributed by atoms with Crippen molar-refractivity contribution >= 4 is 17.1 Å². The maximum Gasteiger partial charge on any atom is 0.300 e. The van der Waals surface area contributed by atoms with Gasteiger partial charge in [0.05, 0.1) is 17.6 Å². The predicted octanol–water partition coefficient (Wildman–Crippen LogP) is 4.11. The third-order valence-electron chi connectivity index (χ3n) is 4.03. The van der Waals surface area contributed by atoms with E-state index in [4.69, 9.17) is 4.74 Å². The lowest BCUT2D eigenvalue weighted by Crippen LogP contribution is -2.24. The van der Waals surface area contributed by atoms with Crippen LogP contribution >= 0.6 is 0 Å². The van der Waals surface area contributed by atoms with Crippen molar-refractivity contribution in [2.24, 2.45) is 16.1 Å². The molecule has 0 aliphatic heterocycles. The Morgan fingerprint density at radius 3 is 2.62 bits per heavy atom. The SMILES string of the molecule is CCOc1ccc(N=Nc2c(C)c(C#N)c(O)n(CC(C)C)c2=O)c([N+](=O)[O-])c1. The lowest BCUT2D eigenvalue weighted by Gasteiger charge is -2.14. The molecule has 10 nitrogen and oxygen atoms in total. The summed E-state index contributed by atoms with van der Waals surface area (Å²) in [4.78, 5) is 23.5. The molecule has 29 heavy (non-hydrogen) atoms. The Bertz CT molecular complexity index is 1070. The van der Waals surface area contributed by atoms with Gasteiger partial charge in [-0.05, 0) is 31.9 Å². The number of hydrogen-bond acceptors (Lipinski definition) is 8. The Morgan fingerprint density at radius 1 is 1.38 bits per heavy atom. The molecule has 0 spiro atoms. The zero-order chi connectivity index (χ0) is 21.7. The van der Waals surface area contributed by atoms with Crippen molar-refractivity contribution in [3.8, 4) is 17.7 Å². The van der Waals surface area contributed by atoms with Crippen LogP contribution in [0.2, 0.25) is 0 Å². The second-order valence-electron chi connectivity index (χ2n) is 6.63. The highest BCUT2D eigenvalue weighted by molar-refractivity contribution is 5.61. The minimum atomic E-state index is -0.634. The van der Waals surface area contributed by atoms with E-state index in [2.05, 4.69) is 10.2 Å². The van der Waals surface area contributed by atoms with Gasteiger partial charge in [-0.15, -0.1) is 10.2 Å². The van der Waals surface area contributed by atoms with Gasteiger partial charge < -0.3 is 9.84 Å². The number of nitro benzene ring substituents is 1. The fraction of sp³-hybridized carbons (Fsp3) is 0.368. The number of nitrogens with zero attached hydrogens (tertiary/aromatic N) is 5. The summed E-state index contributed by atoms with van der Waals surface area (Å²) < 4.78 is 6.31. The fourth-order valence-electron chi connectivity index (χ4n) is 2.69. The van der Waals surface area contributed by atoms with Crippen LogP contribution < -0.4 is 10.3 Å². The van der Waals surface area contributed by atoms with Crippen LogP contribution in [0.3, 0.4) is 0 Å². The molecule has 1 aromatic heterocycles. The molecule has 0 fully saturated rings. The van der Waals surface area contributed by atoms with E-state index in [1.165, 1.54) is 25.1 Å². The van der Waals surface area contributed by atoms with Gasteiger partial charge >= 0.3 is 0 Å². The first-order valence-corrected chi connectivity index (χ1v) is 8.90. The molecule has 0 saturated carbocycles. The number of azo groups is 1. The number of nitriles is 1. The molecule has 0 aliphatic carbocycles. The summed E-state index contributed by atoms with van der Waals surface area (Å²) in [7, 11) is 0. The van der Waals surface area contributed by atoms with E-state index in [9.17, 15) is 25.3 Å². The third kappa shape index (κ3) is 4.57. The topological polar surface area (TPSA) is 143 Å². The predicted molar refractivity (Wildman–Crippen MR) is 105 cm³/mol. The number of rotatable bonds is 7.